The van der Waals surface area contributed by atoms with Crippen molar-refractivity contribution in [2.45, 2.75) is 0 Å². The van der Waals surface area contributed by atoms with Crippen molar-refractivity contribution in [3.05, 3.63) is 72.8 Å². The number of hydrogen-bond acceptors (Lipinski definition) is 4. The summed E-state index contributed by atoms with van der Waals surface area (Å²) in [7, 11) is 0. The van der Waals surface area contributed by atoms with Crippen molar-refractivity contribution in [1.29, 1.82) is 0 Å². The lowest BCUT2D eigenvalue weighted by Gasteiger charge is -1.89. The van der Waals surface area contributed by atoms with Crippen LogP contribution in [0.3, 0.4) is 0 Å². The maximum atomic E-state index is 5.93. The fraction of sp³-hybridized carbons (Fsp3) is 0. The van der Waals surface area contributed by atoms with Gasteiger partial charge in [-0.3, -0.25) is 0 Å². The van der Waals surface area contributed by atoms with Gasteiger partial charge in [-0.1, -0.05) is 36.4 Å². The van der Waals surface area contributed by atoms with Crippen LogP contribution in [0.5, 0.6) is 0 Å². The summed E-state index contributed by atoms with van der Waals surface area (Å²) in [6.45, 7) is 0. The van der Waals surface area contributed by atoms with Gasteiger partial charge in [0.05, 0.1) is 0 Å². The van der Waals surface area contributed by atoms with Crippen LogP contribution in [0.15, 0.2) is 90.5 Å². The Morgan fingerprint density at radius 3 is 1.23 bits per heavy atom. The van der Waals surface area contributed by atoms with Gasteiger partial charge in [-0.05, 0) is 24.3 Å². The summed E-state index contributed by atoms with van der Waals surface area (Å²) in [5, 5.41) is 2.08. The second-order valence-electron chi connectivity index (χ2n) is 6.25. The second kappa shape index (κ2) is 4.92. The van der Waals surface area contributed by atoms with Gasteiger partial charge in [0.1, 0.15) is 11.2 Å². The quantitative estimate of drug-likeness (QED) is 0.346. The van der Waals surface area contributed by atoms with Crippen LogP contribution in [-0.2, 0) is 0 Å². The van der Waals surface area contributed by atoms with Crippen LogP contribution in [0.4, 0.5) is 0 Å². The third kappa shape index (κ3) is 1.96. The van der Waals surface area contributed by atoms with Crippen molar-refractivity contribution in [2.24, 2.45) is 0 Å². The lowest BCUT2D eigenvalue weighted by atomic mass is 10.2. The average molecular weight is 340 g/mol. The molecule has 0 unspecified atom stereocenters. The Labute approximate surface area is 147 Å². The van der Waals surface area contributed by atoms with E-state index in [9.17, 15) is 0 Å². The highest BCUT2D eigenvalue weighted by Crippen LogP contribution is 2.37. The maximum Gasteiger partial charge on any atom is 0.174 e. The molecule has 0 bridgehead atoms. The number of furan rings is 4. The molecule has 0 radical (unpaired) electrons. The van der Waals surface area contributed by atoms with Crippen molar-refractivity contribution in [1.82, 2.24) is 0 Å². The first-order chi connectivity index (χ1) is 12.8. The molecule has 0 spiro atoms. The molecule has 4 nitrogen and oxygen atoms in total. The molecule has 0 atom stereocenters. The summed E-state index contributed by atoms with van der Waals surface area (Å²) >= 11 is 0. The van der Waals surface area contributed by atoms with Gasteiger partial charge < -0.3 is 17.7 Å². The Morgan fingerprint density at radius 1 is 0.385 bits per heavy atom. The van der Waals surface area contributed by atoms with E-state index in [4.69, 9.17) is 17.7 Å². The highest BCUT2D eigenvalue weighted by atomic mass is 16.4. The van der Waals surface area contributed by atoms with E-state index in [-0.39, 0.29) is 0 Å². The molecule has 0 amide bonds. The van der Waals surface area contributed by atoms with Gasteiger partial charge in [-0.15, -0.1) is 0 Å². The lowest BCUT2D eigenvalue weighted by Crippen LogP contribution is -1.66. The van der Waals surface area contributed by atoms with Crippen molar-refractivity contribution >= 4 is 33.1 Å². The Morgan fingerprint density at radius 2 is 0.769 bits per heavy atom. The molecule has 26 heavy (non-hydrogen) atoms. The topological polar surface area (TPSA) is 52.6 Å². The summed E-state index contributed by atoms with van der Waals surface area (Å²) in [6.07, 6.45) is 0. The van der Waals surface area contributed by atoms with Gasteiger partial charge in [0.25, 0.3) is 0 Å². The van der Waals surface area contributed by atoms with E-state index in [1.165, 1.54) is 0 Å². The Kier molecular flexibility index (Phi) is 2.58. The first kappa shape index (κ1) is 13.6. The fourth-order valence-electron chi connectivity index (χ4n) is 3.29. The van der Waals surface area contributed by atoms with Crippen LogP contribution in [0.2, 0.25) is 0 Å². The Hall–Kier alpha value is -3.66. The molecule has 0 fully saturated rings. The maximum absolute atomic E-state index is 5.93. The lowest BCUT2D eigenvalue weighted by molar-refractivity contribution is 0.569. The van der Waals surface area contributed by atoms with Crippen LogP contribution in [0.1, 0.15) is 0 Å². The monoisotopic (exact) mass is 340 g/mol. The zero-order valence-corrected chi connectivity index (χ0v) is 13.6. The second-order valence-corrected chi connectivity index (χ2v) is 6.25. The third-order valence-electron chi connectivity index (χ3n) is 4.54. The molecular weight excluding hydrogens is 328 g/mol. The Balaban J connectivity index is 1.44. The first-order valence-electron chi connectivity index (χ1n) is 8.35. The van der Waals surface area contributed by atoms with Crippen LogP contribution in [-0.4, -0.2) is 0 Å². The normalized spacial score (nSPS) is 11.8. The summed E-state index contributed by atoms with van der Waals surface area (Å²) in [5.41, 5.74) is 2.99. The van der Waals surface area contributed by atoms with E-state index in [1.54, 1.807) is 0 Å². The minimum Gasteiger partial charge on any atom is -0.453 e. The molecular formula is C22H12O4. The van der Waals surface area contributed by atoms with Gasteiger partial charge >= 0.3 is 0 Å². The molecule has 0 N–H and O–H groups in total. The summed E-state index contributed by atoms with van der Waals surface area (Å²) in [6, 6.07) is 23.4. The molecule has 6 aromatic rings. The average Bonchev–Trinajstić information content (AvgIpc) is 3.40. The standard InChI is InChI=1S/C22H12O4/c1-3-7-15-13(5-1)9-17(23-15)19-11-21-22(25-19)12-20(26-21)18-10-14-6-2-4-8-16(14)24-18/h1-12H. The first-order valence-corrected chi connectivity index (χ1v) is 8.35. The molecule has 0 saturated carbocycles. The fourth-order valence-corrected chi connectivity index (χ4v) is 3.29. The molecule has 2 aromatic carbocycles. The van der Waals surface area contributed by atoms with Crippen LogP contribution >= 0.6 is 0 Å². The van der Waals surface area contributed by atoms with Crippen molar-refractivity contribution < 1.29 is 17.7 Å². The molecule has 4 heterocycles. The van der Waals surface area contributed by atoms with Crippen LogP contribution in [0.25, 0.3) is 56.1 Å². The zero-order chi connectivity index (χ0) is 17.1. The molecule has 6 rings (SSSR count). The number of rotatable bonds is 2. The van der Waals surface area contributed by atoms with E-state index in [0.29, 0.717) is 34.2 Å². The number of para-hydroxylation sites is 2. The van der Waals surface area contributed by atoms with E-state index in [2.05, 4.69) is 0 Å². The van der Waals surface area contributed by atoms with E-state index < -0.39 is 0 Å². The van der Waals surface area contributed by atoms with Gasteiger partial charge in [-0.2, -0.15) is 0 Å². The summed E-state index contributed by atoms with van der Waals surface area (Å²) in [4.78, 5) is 0. The van der Waals surface area contributed by atoms with Crippen molar-refractivity contribution in [3.8, 4) is 23.0 Å². The predicted molar refractivity (Wildman–Crippen MR) is 98.9 cm³/mol. The molecule has 4 aromatic heterocycles. The molecule has 0 aliphatic carbocycles. The third-order valence-corrected chi connectivity index (χ3v) is 4.54. The zero-order valence-electron chi connectivity index (χ0n) is 13.6. The molecule has 0 aliphatic rings. The minimum absolute atomic E-state index is 0.645. The summed E-state index contributed by atoms with van der Waals surface area (Å²) in [5.74, 6) is 2.66. The van der Waals surface area contributed by atoms with Gasteiger partial charge in [-0.25, -0.2) is 0 Å². The van der Waals surface area contributed by atoms with Crippen molar-refractivity contribution in [3.63, 3.8) is 0 Å². The largest absolute Gasteiger partial charge is 0.453 e. The highest BCUT2D eigenvalue weighted by molar-refractivity contribution is 5.87. The number of hydrogen-bond donors (Lipinski definition) is 0. The van der Waals surface area contributed by atoms with Crippen LogP contribution in [0, 0.1) is 0 Å². The van der Waals surface area contributed by atoms with E-state index in [1.807, 2.05) is 72.8 Å². The smallest absolute Gasteiger partial charge is 0.174 e. The van der Waals surface area contributed by atoms with Gasteiger partial charge in [0.15, 0.2) is 34.2 Å². The minimum atomic E-state index is 0.645. The number of benzene rings is 2. The van der Waals surface area contributed by atoms with E-state index >= 15 is 0 Å². The molecule has 4 heteroatoms. The molecule has 0 aliphatic heterocycles. The van der Waals surface area contributed by atoms with E-state index in [0.717, 1.165) is 21.9 Å². The Bertz CT molecular complexity index is 1190. The van der Waals surface area contributed by atoms with Gasteiger partial charge in [0.2, 0.25) is 0 Å². The van der Waals surface area contributed by atoms with Gasteiger partial charge in [0, 0.05) is 22.9 Å². The van der Waals surface area contributed by atoms with Crippen LogP contribution < -0.4 is 0 Å². The number of fused-ring (bicyclic) bond motifs is 3. The predicted octanol–water partition coefficient (Wildman–Crippen LogP) is 6.85. The van der Waals surface area contributed by atoms with Crippen molar-refractivity contribution in [2.75, 3.05) is 0 Å². The highest BCUT2D eigenvalue weighted by Gasteiger charge is 2.17. The SMILES string of the molecule is c1ccc2oc(-c3cc4oc(-c5cc6ccccc6o5)cc4o3)cc2c1. The molecule has 0 saturated heterocycles. The molecule has 124 valence electrons. The summed E-state index contributed by atoms with van der Waals surface area (Å²) < 4.78 is 23.6.